The van der Waals surface area contributed by atoms with Crippen molar-refractivity contribution < 1.29 is 19.8 Å². The van der Waals surface area contributed by atoms with Gasteiger partial charge in [-0.05, 0) is 22.8 Å². The van der Waals surface area contributed by atoms with Crippen LogP contribution in [0.5, 0.6) is 0 Å². The topological polar surface area (TPSA) is 74.6 Å². The first-order valence-electron chi connectivity index (χ1n) is 5.70. The summed E-state index contributed by atoms with van der Waals surface area (Å²) in [4.78, 5) is 22.8. The zero-order valence-corrected chi connectivity index (χ0v) is 11.6. The van der Waals surface area contributed by atoms with Crippen LogP contribution in [0.3, 0.4) is 0 Å². The lowest BCUT2D eigenvalue weighted by Gasteiger charge is -2.21. The molecule has 0 fully saturated rings. The second-order valence-corrected chi connectivity index (χ2v) is 6.64. The van der Waals surface area contributed by atoms with Crippen molar-refractivity contribution in [2.75, 3.05) is 5.75 Å². The van der Waals surface area contributed by atoms with Crippen molar-refractivity contribution in [1.82, 2.24) is 0 Å². The van der Waals surface area contributed by atoms with Crippen molar-refractivity contribution in [2.24, 2.45) is 11.3 Å². The predicted octanol–water partition coefficient (Wildman–Crippen LogP) is 2.77. The molecule has 4 nitrogen and oxygen atoms in total. The summed E-state index contributed by atoms with van der Waals surface area (Å²) in [7, 11) is 0. The number of hydrogen-bond acceptors (Lipinski definition) is 3. The molecule has 0 spiro atoms. The van der Waals surface area contributed by atoms with E-state index < -0.39 is 17.9 Å². The zero-order chi connectivity index (χ0) is 13.9. The van der Waals surface area contributed by atoms with E-state index in [-0.39, 0.29) is 11.0 Å². The second-order valence-electron chi connectivity index (χ2n) is 5.54. The number of hydrogen-bond donors (Lipinski definition) is 2. The molecule has 5 heteroatoms. The summed E-state index contributed by atoms with van der Waals surface area (Å²) in [5, 5.41) is 18.0. The van der Waals surface area contributed by atoms with Crippen LogP contribution < -0.4 is 0 Å². The standard InChI is InChI=1S/C13H18O4S/c1-13(2,3)7-18-10-5-8(11(14)15)4-9(6-10)12(16)17/h4-5,9H,6-7H2,1-3H3,(H,14,15)(H,16,17). The summed E-state index contributed by atoms with van der Waals surface area (Å²) in [6.45, 7) is 6.27. The van der Waals surface area contributed by atoms with E-state index in [1.807, 2.05) is 0 Å². The molecule has 1 unspecified atom stereocenters. The molecule has 1 aliphatic rings. The Kier molecular flexibility index (Phi) is 4.62. The summed E-state index contributed by atoms with van der Waals surface area (Å²) in [5.41, 5.74) is 0.194. The van der Waals surface area contributed by atoms with E-state index in [1.54, 1.807) is 17.8 Å². The molecular formula is C13H18O4S. The quantitative estimate of drug-likeness (QED) is 0.821. The first-order chi connectivity index (χ1) is 8.19. The van der Waals surface area contributed by atoms with Crippen LogP contribution in [0.4, 0.5) is 0 Å². The van der Waals surface area contributed by atoms with Crippen molar-refractivity contribution in [3.05, 3.63) is 22.6 Å². The van der Waals surface area contributed by atoms with Crippen LogP contribution in [0.1, 0.15) is 27.2 Å². The Morgan fingerprint density at radius 1 is 1.39 bits per heavy atom. The molecule has 0 aromatic carbocycles. The minimum Gasteiger partial charge on any atom is -0.481 e. The lowest BCUT2D eigenvalue weighted by atomic mass is 9.96. The molecule has 1 aliphatic carbocycles. The van der Waals surface area contributed by atoms with Gasteiger partial charge in [-0.3, -0.25) is 4.79 Å². The summed E-state index contributed by atoms with van der Waals surface area (Å²) >= 11 is 1.54. The molecular weight excluding hydrogens is 252 g/mol. The van der Waals surface area contributed by atoms with Gasteiger partial charge in [0.1, 0.15) is 0 Å². The van der Waals surface area contributed by atoms with Gasteiger partial charge < -0.3 is 10.2 Å². The molecule has 0 aromatic rings. The highest BCUT2D eigenvalue weighted by atomic mass is 32.2. The van der Waals surface area contributed by atoms with Gasteiger partial charge in [0.05, 0.1) is 11.5 Å². The molecule has 1 rings (SSSR count). The average molecular weight is 270 g/mol. The van der Waals surface area contributed by atoms with Gasteiger partial charge in [-0.1, -0.05) is 26.8 Å². The maximum absolute atomic E-state index is 11.0. The molecule has 0 heterocycles. The Balaban J connectivity index is 2.82. The molecule has 0 saturated heterocycles. The van der Waals surface area contributed by atoms with E-state index in [0.717, 1.165) is 10.7 Å². The van der Waals surface area contributed by atoms with Gasteiger partial charge in [0.25, 0.3) is 0 Å². The summed E-state index contributed by atoms with van der Waals surface area (Å²) in [5.74, 6) is -1.95. The number of carboxylic acid groups (broad SMARTS) is 2. The molecule has 0 saturated carbocycles. The summed E-state index contributed by atoms with van der Waals surface area (Å²) in [6.07, 6.45) is 3.27. The normalized spacial score (nSPS) is 20.1. The molecule has 100 valence electrons. The van der Waals surface area contributed by atoms with E-state index >= 15 is 0 Å². The minimum atomic E-state index is -1.07. The largest absolute Gasteiger partial charge is 0.481 e. The molecule has 18 heavy (non-hydrogen) atoms. The van der Waals surface area contributed by atoms with E-state index in [2.05, 4.69) is 20.8 Å². The third-order valence-electron chi connectivity index (χ3n) is 2.37. The monoisotopic (exact) mass is 270 g/mol. The van der Waals surface area contributed by atoms with Gasteiger partial charge in [0, 0.05) is 5.75 Å². The summed E-state index contributed by atoms with van der Waals surface area (Å²) in [6, 6.07) is 0. The van der Waals surface area contributed by atoms with Crippen LogP contribution in [-0.4, -0.2) is 27.9 Å². The first-order valence-corrected chi connectivity index (χ1v) is 6.69. The highest BCUT2D eigenvalue weighted by Crippen LogP contribution is 2.34. The number of rotatable bonds is 4. The second kappa shape index (κ2) is 5.61. The van der Waals surface area contributed by atoms with Crippen molar-refractivity contribution >= 4 is 23.7 Å². The van der Waals surface area contributed by atoms with Crippen molar-refractivity contribution in [3.8, 4) is 0 Å². The average Bonchev–Trinajstić information content (AvgIpc) is 2.25. The van der Waals surface area contributed by atoms with Gasteiger partial charge in [0.15, 0.2) is 0 Å². The zero-order valence-electron chi connectivity index (χ0n) is 10.8. The smallest absolute Gasteiger partial charge is 0.335 e. The van der Waals surface area contributed by atoms with Gasteiger partial charge in [-0.25, -0.2) is 4.79 Å². The third-order valence-corrected chi connectivity index (χ3v) is 4.04. The SMILES string of the molecule is CC(C)(C)CSC1=CC(C(=O)O)=CC(C(=O)O)C1. The maximum Gasteiger partial charge on any atom is 0.335 e. The highest BCUT2D eigenvalue weighted by Gasteiger charge is 2.25. The van der Waals surface area contributed by atoms with Crippen LogP contribution >= 0.6 is 11.8 Å². The molecule has 0 aromatic heterocycles. The Hall–Kier alpha value is -1.23. The van der Waals surface area contributed by atoms with Crippen LogP contribution in [0.2, 0.25) is 0 Å². The van der Waals surface area contributed by atoms with E-state index in [0.29, 0.717) is 6.42 Å². The molecule has 0 bridgehead atoms. The molecule has 0 amide bonds. The summed E-state index contributed by atoms with van der Waals surface area (Å²) < 4.78 is 0. The van der Waals surface area contributed by atoms with Crippen LogP contribution in [0.25, 0.3) is 0 Å². The fourth-order valence-corrected chi connectivity index (χ4v) is 2.60. The van der Waals surface area contributed by atoms with Crippen LogP contribution in [-0.2, 0) is 9.59 Å². The predicted molar refractivity (Wildman–Crippen MR) is 71.5 cm³/mol. The third kappa shape index (κ3) is 4.56. The number of thioether (sulfide) groups is 1. The van der Waals surface area contributed by atoms with Gasteiger partial charge in [0.2, 0.25) is 0 Å². The molecule has 1 atom stereocenters. The van der Waals surface area contributed by atoms with Gasteiger partial charge >= 0.3 is 11.9 Å². The minimum absolute atomic E-state index is 0.0741. The van der Waals surface area contributed by atoms with E-state index in [1.165, 1.54) is 6.08 Å². The Morgan fingerprint density at radius 2 is 2.00 bits per heavy atom. The Labute approximate surface area is 111 Å². The number of carboxylic acids is 2. The van der Waals surface area contributed by atoms with E-state index in [9.17, 15) is 9.59 Å². The fraction of sp³-hybridized carbons (Fsp3) is 0.538. The van der Waals surface area contributed by atoms with Crippen molar-refractivity contribution in [1.29, 1.82) is 0 Å². The van der Waals surface area contributed by atoms with E-state index in [4.69, 9.17) is 10.2 Å². The lowest BCUT2D eigenvalue weighted by Crippen LogP contribution is -2.18. The van der Waals surface area contributed by atoms with Crippen LogP contribution in [0.15, 0.2) is 22.6 Å². The molecule has 0 radical (unpaired) electrons. The Bertz CT molecular complexity index is 415. The fourth-order valence-electron chi connectivity index (χ4n) is 1.47. The first kappa shape index (κ1) is 14.8. The molecule has 0 aliphatic heterocycles. The van der Waals surface area contributed by atoms with Gasteiger partial charge in [-0.2, -0.15) is 0 Å². The highest BCUT2D eigenvalue weighted by molar-refractivity contribution is 8.03. The van der Waals surface area contributed by atoms with Crippen molar-refractivity contribution in [2.45, 2.75) is 27.2 Å². The number of allylic oxidation sites excluding steroid dienone is 1. The van der Waals surface area contributed by atoms with Crippen LogP contribution in [0, 0.1) is 11.3 Å². The van der Waals surface area contributed by atoms with Crippen molar-refractivity contribution in [3.63, 3.8) is 0 Å². The molecule has 2 N–H and O–H groups in total. The lowest BCUT2D eigenvalue weighted by molar-refractivity contribution is -0.140. The maximum atomic E-state index is 11.0. The van der Waals surface area contributed by atoms with Gasteiger partial charge in [-0.15, -0.1) is 11.8 Å². The number of aliphatic carboxylic acids is 2. The Morgan fingerprint density at radius 3 is 2.44 bits per heavy atom. The number of carbonyl (C=O) groups is 2.